The molecule has 0 spiro atoms. The van der Waals surface area contributed by atoms with Crippen LogP contribution in [0.1, 0.15) is 157 Å². The Hall–Kier alpha value is -4.18. The molecule has 2 fully saturated rings. The van der Waals surface area contributed by atoms with Crippen molar-refractivity contribution in [1.82, 2.24) is 30.7 Å². The van der Waals surface area contributed by atoms with Crippen LogP contribution in [0.2, 0.25) is 0 Å². The SMILES string of the molecule is CCCCCCCCCCCC(=O)N[C@@H](CCCCNC(=O)CCOCCOCCOCCOCCOCCOCCOCCOCCOCCOCCOCCOCCCC(=O)CCN1C(=O)CC(SCCNC(=O)CN2CCN(CCCC(=O)C[C@@H](C)C(C)=O)CC2)C1=O)C(N)=O.[HH]. The molecule has 99 heavy (non-hydrogen) atoms. The predicted octanol–water partition coefficient (Wildman–Crippen LogP) is 4.30. The lowest BCUT2D eigenvalue weighted by Crippen LogP contribution is -2.49. The molecule has 29 heteroatoms. The number of ether oxygens (including phenoxy) is 12. The molecule has 0 aromatic rings. The highest BCUT2D eigenvalue weighted by molar-refractivity contribution is 8.00. The number of unbranched alkanes of at least 4 members (excludes halogenated alkanes) is 9. The van der Waals surface area contributed by atoms with Crippen LogP contribution in [0, 0.1) is 5.92 Å². The molecule has 0 radical (unpaired) electrons. The minimum atomic E-state index is -0.697. The molecule has 0 saturated carbocycles. The Kier molecular flexibility index (Phi) is 59.4. The van der Waals surface area contributed by atoms with Gasteiger partial charge in [-0.25, -0.2) is 0 Å². The highest BCUT2D eigenvalue weighted by atomic mass is 32.2. The smallest absolute Gasteiger partial charge is 0.242 e. The van der Waals surface area contributed by atoms with Crippen molar-refractivity contribution in [2.45, 2.75) is 167 Å². The summed E-state index contributed by atoms with van der Waals surface area (Å²) in [4.78, 5) is 116. The molecule has 3 atom stereocenters. The number of carbonyl (C=O) groups excluding carboxylic acids is 9. The van der Waals surface area contributed by atoms with E-state index in [0.29, 0.717) is 216 Å². The maximum Gasteiger partial charge on any atom is 0.242 e. The standard InChI is InChI=1S/C70H127N7O21S.H2/c1-4-5-6-7-8-9-10-11-12-20-66(82)74-63(69(71)85)19-13-14-23-72-65(81)22-32-88-34-36-90-38-40-92-42-44-94-46-48-96-50-52-98-54-53-97-51-49-95-47-45-93-43-41-91-39-37-89-35-33-87-31-16-18-61(79)21-26-77-68(84)57-64(70(77)86)99-55-24-73-67(83)58-76-29-27-75(28-30-76)25-15-17-62(80)56-59(2)60(3)78;/h59,63-64H,4-58H2,1-3H3,(H2,71,85)(H,72,81)(H,73,83)(H,74,82);1H/t59-,63+,64?;/m1./s1. The molecule has 0 bridgehead atoms. The maximum absolute atomic E-state index is 13.0. The number of rotatable bonds is 73. The Bertz CT molecular complexity index is 2130. The van der Waals surface area contributed by atoms with Crippen molar-refractivity contribution < 1.29 is 101 Å². The van der Waals surface area contributed by atoms with Crippen LogP contribution in [-0.4, -0.2) is 302 Å². The van der Waals surface area contributed by atoms with Gasteiger partial charge in [0.15, 0.2) is 0 Å². The summed E-state index contributed by atoms with van der Waals surface area (Å²) in [6.07, 6.45) is 15.4. The molecule has 28 nitrogen and oxygen atoms in total. The van der Waals surface area contributed by atoms with Gasteiger partial charge in [0.25, 0.3) is 0 Å². The second-order valence-electron chi connectivity index (χ2n) is 24.7. The third kappa shape index (κ3) is 54.2. The van der Waals surface area contributed by atoms with E-state index in [1.54, 1.807) is 6.92 Å². The topological polar surface area (TPSA) is 336 Å². The lowest BCUT2D eigenvalue weighted by atomic mass is 9.98. The number of Topliss-reactive ketones (excluding diaryl/α,β-unsaturated/α-hetero) is 3. The van der Waals surface area contributed by atoms with Crippen molar-refractivity contribution in [2.24, 2.45) is 11.7 Å². The number of hydrogen-bond acceptors (Lipinski definition) is 24. The van der Waals surface area contributed by atoms with Gasteiger partial charge in [-0.1, -0.05) is 65.2 Å². The molecule has 2 rings (SSSR count). The number of piperazine rings is 1. The number of imide groups is 1. The van der Waals surface area contributed by atoms with E-state index < -0.39 is 17.2 Å². The number of likely N-dealkylation sites (tertiary alicyclic amines) is 1. The molecule has 0 aromatic heterocycles. The molecular formula is C70H129N7O21S. The van der Waals surface area contributed by atoms with Gasteiger partial charge < -0.3 is 83.4 Å². The zero-order valence-corrected chi connectivity index (χ0v) is 61.3. The van der Waals surface area contributed by atoms with E-state index in [9.17, 15) is 43.2 Å². The summed E-state index contributed by atoms with van der Waals surface area (Å²) in [5.41, 5.74) is 5.53. The summed E-state index contributed by atoms with van der Waals surface area (Å²) >= 11 is 1.34. The molecule has 6 amide bonds. The predicted molar refractivity (Wildman–Crippen MR) is 377 cm³/mol. The molecule has 2 aliphatic heterocycles. The fraction of sp³-hybridized carbons (Fsp3) is 0.871. The molecule has 2 saturated heterocycles. The van der Waals surface area contributed by atoms with Gasteiger partial charge in [-0.05, 0) is 52.0 Å². The monoisotopic (exact) mass is 1440 g/mol. The van der Waals surface area contributed by atoms with Crippen molar-refractivity contribution in [2.75, 3.05) is 223 Å². The summed E-state index contributed by atoms with van der Waals surface area (Å²) in [6, 6.07) is -0.697. The Morgan fingerprint density at radius 3 is 1.40 bits per heavy atom. The minimum Gasteiger partial charge on any atom is -0.379 e. The molecule has 1 unspecified atom stereocenters. The number of nitrogens with two attached hydrogens (primary N) is 1. The number of nitrogens with one attached hydrogen (secondary N) is 3. The number of amides is 6. The summed E-state index contributed by atoms with van der Waals surface area (Å²) in [5, 5.41) is 8.02. The van der Waals surface area contributed by atoms with E-state index in [1.807, 2.05) is 0 Å². The van der Waals surface area contributed by atoms with Gasteiger partial charge in [0, 0.05) is 110 Å². The van der Waals surface area contributed by atoms with E-state index >= 15 is 0 Å². The number of ketones is 3. The number of carbonyl (C=O) groups is 9. The molecular weight excluding hydrogens is 1310 g/mol. The van der Waals surface area contributed by atoms with E-state index in [2.05, 4.69) is 32.7 Å². The van der Waals surface area contributed by atoms with Crippen LogP contribution < -0.4 is 21.7 Å². The van der Waals surface area contributed by atoms with Crippen LogP contribution in [0.4, 0.5) is 0 Å². The van der Waals surface area contributed by atoms with Crippen LogP contribution in [0.25, 0.3) is 0 Å². The van der Waals surface area contributed by atoms with E-state index in [4.69, 9.17) is 62.6 Å². The fourth-order valence-corrected chi connectivity index (χ4v) is 11.3. The molecule has 0 aliphatic carbocycles. The van der Waals surface area contributed by atoms with Crippen LogP contribution in [0.5, 0.6) is 0 Å². The largest absolute Gasteiger partial charge is 0.379 e. The van der Waals surface area contributed by atoms with E-state index in [1.165, 1.54) is 62.1 Å². The molecule has 576 valence electrons. The normalized spacial score (nSPS) is 15.0. The Labute approximate surface area is 596 Å². The first-order valence-electron chi connectivity index (χ1n) is 36.7. The first-order chi connectivity index (χ1) is 48.2. The first kappa shape index (κ1) is 90.9. The highest BCUT2D eigenvalue weighted by Crippen LogP contribution is 2.25. The lowest BCUT2D eigenvalue weighted by Gasteiger charge is -2.34. The molecule has 2 heterocycles. The van der Waals surface area contributed by atoms with Gasteiger partial charge in [-0.15, -0.1) is 11.8 Å². The molecule has 0 aromatic carbocycles. The maximum atomic E-state index is 13.0. The fourth-order valence-electron chi connectivity index (χ4n) is 10.3. The summed E-state index contributed by atoms with van der Waals surface area (Å²) < 4.78 is 66.4. The minimum absolute atomic E-state index is 0. The summed E-state index contributed by atoms with van der Waals surface area (Å²) in [6.45, 7) is 20.7. The van der Waals surface area contributed by atoms with Gasteiger partial charge in [-0.2, -0.15) is 0 Å². The van der Waals surface area contributed by atoms with Crippen LogP contribution in [0.3, 0.4) is 0 Å². The van der Waals surface area contributed by atoms with Gasteiger partial charge in [-0.3, -0.25) is 53.0 Å². The summed E-state index contributed by atoms with van der Waals surface area (Å²) in [7, 11) is 0. The molecule has 5 N–H and O–H groups in total. The van der Waals surface area contributed by atoms with Crippen molar-refractivity contribution in [3.63, 3.8) is 0 Å². The van der Waals surface area contributed by atoms with Crippen molar-refractivity contribution in [3.8, 4) is 0 Å². The van der Waals surface area contributed by atoms with Crippen LogP contribution in [0.15, 0.2) is 0 Å². The Morgan fingerprint density at radius 1 is 0.475 bits per heavy atom. The highest BCUT2D eigenvalue weighted by Gasteiger charge is 2.38. The summed E-state index contributed by atoms with van der Waals surface area (Å²) in [5.74, 6) is -1.08. The van der Waals surface area contributed by atoms with Gasteiger partial charge in [0.1, 0.15) is 23.4 Å². The number of primary amides is 1. The van der Waals surface area contributed by atoms with Crippen LogP contribution >= 0.6 is 11.8 Å². The van der Waals surface area contributed by atoms with E-state index in [0.717, 1.165) is 58.4 Å². The van der Waals surface area contributed by atoms with Gasteiger partial charge in [0.05, 0.1) is 164 Å². The first-order valence-corrected chi connectivity index (χ1v) is 37.7. The molecule has 2 aliphatic rings. The zero-order valence-electron chi connectivity index (χ0n) is 60.5. The number of thioether (sulfide) groups is 1. The third-order valence-electron chi connectivity index (χ3n) is 16.3. The lowest BCUT2D eigenvalue weighted by molar-refractivity contribution is -0.138. The van der Waals surface area contributed by atoms with E-state index in [-0.39, 0.29) is 99.6 Å². The average Bonchev–Trinajstić information content (AvgIpc) is 1.69. The Balaban J connectivity index is 0.0000500. The number of nitrogens with zero attached hydrogens (tertiary/aromatic N) is 3. The van der Waals surface area contributed by atoms with Gasteiger partial charge in [0.2, 0.25) is 35.4 Å². The van der Waals surface area contributed by atoms with Crippen molar-refractivity contribution >= 4 is 64.6 Å². The van der Waals surface area contributed by atoms with Crippen molar-refractivity contribution in [1.29, 1.82) is 0 Å². The average molecular weight is 1440 g/mol. The second kappa shape index (κ2) is 64.6. The quantitative estimate of drug-likeness (QED) is 0.0487. The third-order valence-corrected chi connectivity index (χ3v) is 17.5. The van der Waals surface area contributed by atoms with Crippen LogP contribution in [-0.2, 0) is 100.0 Å². The zero-order chi connectivity index (χ0) is 71.9. The Morgan fingerprint density at radius 2 is 0.919 bits per heavy atom. The number of hydrogen-bond donors (Lipinski definition) is 4. The van der Waals surface area contributed by atoms with Crippen molar-refractivity contribution in [3.05, 3.63) is 0 Å². The second-order valence-corrected chi connectivity index (χ2v) is 26.0. The van der Waals surface area contributed by atoms with Gasteiger partial charge >= 0.3 is 0 Å².